The maximum Gasteiger partial charge on any atom is 0.315 e. The number of nitrogens with zero attached hydrogens (tertiary/aromatic N) is 1. The maximum atomic E-state index is 13.6. The third kappa shape index (κ3) is 4.93. The number of ether oxygens (including phenoxy) is 3. The van der Waals surface area contributed by atoms with Crippen molar-refractivity contribution in [1.29, 1.82) is 0 Å². The molecule has 3 atom stereocenters. The molecule has 1 aliphatic carbocycles. The van der Waals surface area contributed by atoms with Crippen molar-refractivity contribution >= 4 is 29.1 Å². The summed E-state index contributed by atoms with van der Waals surface area (Å²) >= 11 is 6.12. The van der Waals surface area contributed by atoms with E-state index in [0.717, 1.165) is 22.6 Å². The lowest BCUT2D eigenvalue weighted by Gasteiger charge is -2.36. The monoisotopic (exact) mass is 481 g/mol. The molecule has 0 aromatic heterocycles. The molecule has 34 heavy (non-hydrogen) atoms. The fourth-order valence-electron chi connectivity index (χ4n) is 4.82. The molecular weight excluding hydrogens is 454 g/mol. The van der Waals surface area contributed by atoms with E-state index >= 15 is 0 Å². The summed E-state index contributed by atoms with van der Waals surface area (Å²) in [5, 5.41) is 0.591. The van der Waals surface area contributed by atoms with Crippen LogP contribution in [-0.2, 0) is 19.1 Å². The van der Waals surface area contributed by atoms with Gasteiger partial charge in [-0.2, -0.15) is 0 Å². The zero-order chi connectivity index (χ0) is 24.2. The van der Waals surface area contributed by atoms with Gasteiger partial charge in [-0.05, 0) is 54.7 Å². The van der Waals surface area contributed by atoms with Gasteiger partial charge in [-0.15, -0.1) is 0 Å². The van der Waals surface area contributed by atoms with Crippen LogP contribution in [0.2, 0.25) is 5.02 Å². The molecule has 0 radical (unpaired) electrons. The van der Waals surface area contributed by atoms with Crippen LogP contribution < -0.4 is 4.74 Å². The van der Waals surface area contributed by atoms with Crippen LogP contribution in [-0.4, -0.2) is 44.9 Å². The highest BCUT2D eigenvalue weighted by atomic mass is 35.5. The van der Waals surface area contributed by atoms with Crippen molar-refractivity contribution in [2.75, 3.05) is 27.4 Å². The average molecular weight is 482 g/mol. The Morgan fingerprint density at radius 3 is 2.32 bits per heavy atom. The van der Waals surface area contributed by atoms with E-state index in [-0.39, 0.29) is 18.3 Å². The molecule has 1 aliphatic heterocycles. The van der Waals surface area contributed by atoms with Gasteiger partial charge in [0.15, 0.2) is 5.78 Å². The van der Waals surface area contributed by atoms with Crippen LogP contribution in [0.1, 0.15) is 42.7 Å². The molecular formula is C27H28ClNO5. The fourth-order valence-corrected chi connectivity index (χ4v) is 4.95. The molecule has 1 heterocycles. The van der Waals surface area contributed by atoms with Crippen LogP contribution >= 0.6 is 11.6 Å². The summed E-state index contributed by atoms with van der Waals surface area (Å²) in [6, 6.07) is 15.1. The van der Waals surface area contributed by atoms with Crippen LogP contribution in [0.5, 0.6) is 5.75 Å². The molecule has 2 aliphatic rings. The molecule has 0 N–H and O–H groups in total. The number of allylic oxidation sites excluding steroid dienone is 2. The Hall–Kier alpha value is -2.96. The van der Waals surface area contributed by atoms with Crippen molar-refractivity contribution in [1.82, 2.24) is 0 Å². The van der Waals surface area contributed by atoms with Gasteiger partial charge in [-0.1, -0.05) is 35.9 Å². The fraction of sp³-hybridized carbons (Fsp3) is 0.370. The highest BCUT2D eigenvalue weighted by Crippen LogP contribution is 2.47. The summed E-state index contributed by atoms with van der Waals surface area (Å²) in [7, 11) is 3.18. The third-order valence-electron chi connectivity index (χ3n) is 6.49. The summed E-state index contributed by atoms with van der Waals surface area (Å²) in [6.07, 6.45) is 0.982. The van der Waals surface area contributed by atoms with Gasteiger partial charge in [-0.3, -0.25) is 14.6 Å². The smallest absolute Gasteiger partial charge is 0.315 e. The Morgan fingerprint density at radius 1 is 1.00 bits per heavy atom. The lowest BCUT2D eigenvalue weighted by atomic mass is 9.69. The van der Waals surface area contributed by atoms with Crippen LogP contribution in [0.25, 0.3) is 0 Å². The Bertz CT molecular complexity index is 1120. The standard InChI is InChI=1S/C27H28ClNO5/c1-16-24(27(31)34-13-12-32-2)25(18-4-8-20(28)9-5-18)26-22(29-16)14-19(15-23(26)30)17-6-10-21(33-3)11-7-17/h4-11,19,24-25H,12-15H2,1-3H3/t19-,24?,25+/m0/s1. The predicted molar refractivity (Wildman–Crippen MR) is 131 cm³/mol. The molecule has 1 unspecified atom stereocenters. The second-order valence-electron chi connectivity index (χ2n) is 8.58. The predicted octanol–water partition coefficient (Wildman–Crippen LogP) is 5.11. The molecule has 0 spiro atoms. The van der Waals surface area contributed by atoms with Gasteiger partial charge in [0.25, 0.3) is 0 Å². The first-order valence-corrected chi connectivity index (χ1v) is 11.7. The molecule has 2 aromatic rings. The number of halogens is 1. The largest absolute Gasteiger partial charge is 0.497 e. The second kappa shape index (κ2) is 10.5. The van der Waals surface area contributed by atoms with Crippen LogP contribution in [0.15, 0.2) is 64.8 Å². The van der Waals surface area contributed by atoms with Crippen molar-refractivity contribution < 1.29 is 23.8 Å². The van der Waals surface area contributed by atoms with E-state index in [0.29, 0.717) is 35.8 Å². The average Bonchev–Trinajstić information content (AvgIpc) is 2.83. The minimum Gasteiger partial charge on any atom is -0.497 e. The van der Waals surface area contributed by atoms with Crippen LogP contribution in [0.4, 0.5) is 0 Å². The van der Waals surface area contributed by atoms with Gasteiger partial charge in [-0.25, -0.2) is 0 Å². The van der Waals surface area contributed by atoms with Crippen molar-refractivity contribution in [2.45, 2.75) is 31.6 Å². The topological polar surface area (TPSA) is 74.2 Å². The SMILES string of the molecule is COCCOC(=O)C1C(C)=NC2=C(C(=O)C[C@@H](c3ccc(OC)cc3)C2)[C@@H]1c1ccc(Cl)cc1. The Labute approximate surface area is 204 Å². The van der Waals surface area contributed by atoms with Gasteiger partial charge in [0.1, 0.15) is 18.3 Å². The number of benzene rings is 2. The quantitative estimate of drug-likeness (QED) is 0.405. The van der Waals surface area contributed by atoms with Gasteiger partial charge in [0.2, 0.25) is 0 Å². The molecule has 0 saturated heterocycles. The van der Waals surface area contributed by atoms with E-state index in [1.54, 1.807) is 26.4 Å². The van der Waals surface area contributed by atoms with E-state index in [9.17, 15) is 9.59 Å². The molecule has 2 aromatic carbocycles. The molecule has 178 valence electrons. The first-order valence-electron chi connectivity index (χ1n) is 11.3. The first kappa shape index (κ1) is 24.2. The molecule has 6 nitrogen and oxygen atoms in total. The lowest BCUT2D eigenvalue weighted by Crippen LogP contribution is -2.38. The van der Waals surface area contributed by atoms with Crippen molar-refractivity contribution in [2.24, 2.45) is 10.9 Å². The zero-order valence-electron chi connectivity index (χ0n) is 19.5. The summed E-state index contributed by atoms with van der Waals surface area (Å²) in [5.74, 6) is -0.759. The van der Waals surface area contributed by atoms with Gasteiger partial charge in [0, 0.05) is 41.5 Å². The lowest BCUT2D eigenvalue weighted by molar-refractivity contribution is -0.147. The molecule has 0 bridgehead atoms. The molecule has 0 saturated carbocycles. The van der Waals surface area contributed by atoms with E-state index < -0.39 is 17.8 Å². The number of esters is 1. The van der Waals surface area contributed by atoms with E-state index in [2.05, 4.69) is 0 Å². The number of hydrogen-bond donors (Lipinski definition) is 0. The first-order chi connectivity index (χ1) is 16.4. The summed E-state index contributed by atoms with van der Waals surface area (Å²) in [6.45, 7) is 2.28. The number of carbonyl (C=O) groups excluding carboxylic acids is 2. The molecule has 0 fully saturated rings. The van der Waals surface area contributed by atoms with Gasteiger partial charge >= 0.3 is 5.97 Å². The van der Waals surface area contributed by atoms with Crippen LogP contribution in [0.3, 0.4) is 0 Å². The second-order valence-corrected chi connectivity index (χ2v) is 9.02. The number of ketones is 1. The minimum atomic E-state index is -0.682. The van der Waals surface area contributed by atoms with Crippen molar-refractivity contribution in [3.8, 4) is 5.75 Å². The number of rotatable bonds is 7. The Kier molecular flexibility index (Phi) is 7.49. The number of carbonyl (C=O) groups is 2. The third-order valence-corrected chi connectivity index (χ3v) is 6.74. The normalized spacial score (nSPS) is 22.2. The molecule has 7 heteroatoms. The van der Waals surface area contributed by atoms with Gasteiger partial charge in [0.05, 0.1) is 13.7 Å². The molecule has 0 amide bonds. The molecule has 4 rings (SSSR count). The number of hydrogen-bond acceptors (Lipinski definition) is 6. The summed E-state index contributed by atoms with van der Waals surface area (Å²) in [4.78, 5) is 31.5. The highest BCUT2D eigenvalue weighted by Gasteiger charge is 2.44. The zero-order valence-corrected chi connectivity index (χ0v) is 20.3. The highest BCUT2D eigenvalue weighted by molar-refractivity contribution is 6.30. The maximum absolute atomic E-state index is 13.6. The number of Topliss-reactive ketones (excluding diaryl/α,β-unsaturated/α-hetero) is 1. The summed E-state index contributed by atoms with van der Waals surface area (Å²) < 4.78 is 15.7. The Morgan fingerprint density at radius 2 is 1.68 bits per heavy atom. The number of methoxy groups -OCH3 is 2. The number of aliphatic imine (C=N–C) groups is 1. The van der Waals surface area contributed by atoms with Crippen molar-refractivity contribution in [3.05, 3.63) is 76.0 Å². The van der Waals surface area contributed by atoms with Crippen LogP contribution in [0, 0.1) is 5.92 Å². The van der Waals surface area contributed by atoms with E-state index in [1.165, 1.54) is 0 Å². The van der Waals surface area contributed by atoms with Gasteiger partial charge < -0.3 is 14.2 Å². The summed E-state index contributed by atoms with van der Waals surface area (Å²) in [5.41, 5.74) is 3.90. The van der Waals surface area contributed by atoms with E-state index in [4.69, 9.17) is 30.8 Å². The van der Waals surface area contributed by atoms with Crippen molar-refractivity contribution in [3.63, 3.8) is 0 Å². The Balaban J connectivity index is 1.72. The van der Waals surface area contributed by atoms with E-state index in [1.807, 2.05) is 43.3 Å². The minimum absolute atomic E-state index is 0.00737.